The summed E-state index contributed by atoms with van der Waals surface area (Å²) >= 11 is 0. The Kier molecular flexibility index (Phi) is 3.23. The van der Waals surface area contributed by atoms with Crippen molar-refractivity contribution in [1.29, 1.82) is 0 Å². The molecule has 0 amide bonds. The third-order valence-corrected chi connectivity index (χ3v) is 7.86. The number of piperidine rings is 1. The lowest BCUT2D eigenvalue weighted by molar-refractivity contribution is -0.182. The minimum Gasteiger partial charge on any atom is -0.504 e. The maximum absolute atomic E-state index is 12.1. The monoisotopic (exact) mass is 378 g/mol. The van der Waals surface area contributed by atoms with Crippen molar-refractivity contribution in [2.24, 2.45) is 0 Å². The summed E-state index contributed by atoms with van der Waals surface area (Å²) < 4.78 is 6.50. The van der Waals surface area contributed by atoms with Crippen LogP contribution in [0.5, 0.6) is 11.5 Å². The first-order valence-electron chi connectivity index (χ1n) is 10.3. The van der Waals surface area contributed by atoms with Gasteiger partial charge in [0.05, 0.1) is 17.1 Å². The third-order valence-electron chi connectivity index (χ3n) is 7.86. The fourth-order valence-electron chi connectivity index (χ4n) is 6.65. The smallest absolute Gasteiger partial charge is 0.165 e. The minimum absolute atomic E-state index is 0.0875. The molecule has 28 heavy (non-hydrogen) atoms. The molecule has 1 spiro atoms. The highest BCUT2D eigenvalue weighted by Gasteiger charge is 2.72. The number of hydrogen-bond donors (Lipinski definition) is 3. The van der Waals surface area contributed by atoms with E-state index < -0.39 is 11.0 Å². The van der Waals surface area contributed by atoms with Crippen LogP contribution in [0.2, 0.25) is 0 Å². The number of nitrogens with one attached hydrogen (secondary N) is 1. The highest BCUT2D eigenvalue weighted by Crippen LogP contribution is 2.65. The summed E-state index contributed by atoms with van der Waals surface area (Å²) in [5, 5.41) is 26.4. The standard InChI is InChI=1S/C23H26N2O3/c1-25-12-11-22-19-14-7-8-17(26)20(19)28-21(22)16(24-15-5-3-2-4-6-15)9-10-23(22,27)18(25)13-14/h2-8,16,18,21,24,26-27H,9-13H2,1H3/t16?,18-,21+,22+,23-/m1/s1. The molecule has 5 atom stereocenters. The molecule has 2 aliphatic carbocycles. The van der Waals surface area contributed by atoms with Crippen molar-refractivity contribution in [2.75, 3.05) is 18.9 Å². The van der Waals surface area contributed by atoms with Crippen LogP contribution in [0.1, 0.15) is 30.4 Å². The molecule has 4 aliphatic rings. The van der Waals surface area contributed by atoms with E-state index in [2.05, 4.69) is 29.4 Å². The normalized spacial score (nSPS) is 37.9. The van der Waals surface area contributed by atoms with Crippen LogP contribution in [-0.2, 0) is 11.8 Å². The molecule has 2 bridgehead atoms. The van der Waals surface area contributed by atoms with E-state index in [1.807, 2.05) is 24.3 Å². The van der Waals surface area contributed by atoms with Crippen LogP contribution in [0.15, 0.2) is 42.5 Å². The molecule has 1 unspecified atom stereocenters. The van der Waals surface area contributed by atoms with Gasteiger partial charge in [0.15, 0.2) is 11.5 Å². The van der Waals surface area contributed by atoms with E-state index in [-0.39, 0.29) is 23.9 Å². The number of aliphatic hydroxyl groups is 1. The Balaban J connectivity index is 1.52. The molecule has 0 radical (unpaired) electrons. The lowest BCUT2D eigenvalue weighted by Gasteiger charge is -2.63. The van der Waals surface area contributed by atoms with E-state index in [0.29, 0.717) is 5.75 Å². The number of benzene rings is 2. The van der Waals surface area contributed by atoms with Gasteiger partial charge in [-0.05, 0) is 63.0 Å². The number of anilines is 1. The molecule has 1 saturated carbocycles. The second-order valence-corrected chi connectivity index (χ2v) is 8.99. The summed E-state index contributed by atoms with van der Waals surface area (Å²) in [6, 6.07) is 14.2. The number of likely N-dealkylation sites (tertiary alicyclic amines) is 1. The second-order valence-electron chi connectivity index (χ2n) is 8.99. The summed E-state index contributed by atoms with van der Waals surface area (Å²) in [6.07, 6.45) is 3.04. The lowest BCUT2D eigenvalue weighted by Crippen LogP contribution is -2.77. The second kappa shape index (κ2) is 5.43. The van der Waals surface area contributed by atoms with Gasteiger partial charge in [-0.2, -0.15) is 0 Å². The summed E-state index contributed by atoms with van der Waals surface area (Å²) in [7, 11) is 2.13. The number of hydrogen-bond acceptors (Lipinski definition) is 5. The Labute approximate surface area is 164 Å². The van der Waals surface area contributed by atoms with Gasteiger partial charge < -0.3 is 25.2 Å². The van der Waals surface area contributed by atoms with E-state index in [0.717, 1.165) is 43.5 Å². The Morgan fingerprint density at radius 1 is 1.14 bits per heavy atom. The van der Waals surface area contributed by atoms with Crippen LogP contribution in [-0.4, -0.2) is 52.5 Å². The van der Waals surface area contributed by atoms with Gasteiger partial charge in [-0.3, -0.25) is 0 Å². The molecule has 2 heterocycles. The Morgan fingerprint density at radius 2 is 1.96 bits per heavy atom. The van der Waals surface area contributed by atoms with Crippen molar-refractivity contribution in [2.45, 2.75) is 54.9 Å². The number of likely N-dealkylation sites (N-methyl/N-ethyl adjacent to an activating group) is 1. The molecule has 3 N–H and O–H groups in total. The van der Waals surface area contributed by atoms with Gasteiger partial charge in [-0.1, -0.05) is 24.3 Å². The van der Waals surface area contributed by atoms with Crippen LogP contribution in [0.25, 0.3) is 0 Å². The zero-order valence-electron chi connectivity index (χ0n) is 16.1. The van der Waals surface area contributed by atoms with Crippen molar-refractivity contribution in [1.82, 2.24) is 4.90 Å². The molecule has 5 nitrogen and oxygen atoms in total. The molecule has 0 aromatic heterocycles. The predicted molar refractivity (Wildman–Crippen MR) is 107 cm³/mol. The lowest BCUT2D eigenvalue weighted by atomic mass is 9.48. The van der Waals surface area contributed by atoms with Gasteiger partial charge in [-0.25, -0.2) is 0 Å². The molecule has 2 aliphatic heterocycles. The molecule has 1 saturated heterocycles. The van der Waals surface area contributed by atoms with Crippen molar-refractivity contribution in [3.63, 3.8) is 0 Å². The topological polar surface area (TPSA) is 65.0 Å². The van der Waals surface area contributed by atoms with E-state index >= 15 is 0 Å². The van der Waals surface area contributed by atoms with Gasteiger partial charge in [-0.15, -0.1) is 0 Å². The zero-order valence-corrected chi connectivity index (χ0v) is 16.1. The predicted octanol–water partition coefficient (Wildman–Crippen LogP) is 2.66. The van der Waals surface area contributed by atoms with Crippen LogP contribution >= 0.6 is 0 Å². The average molecular weight is 378 g/mol. The van der Waals surface area contributed by atoms with Crippen LogP contribution in [0, 0.1) is 0 Å². The van der Waals surface area contributed by atoms with Crippen molar-refractivity contribution >= 4 is 5.69 Å². The number of phenolic OH excluding ortho intramolecular Hbond substituents is 1. The first-order valence-corrected chi connectivity index (χ1v) is 10.3. The fourth-order valence-corrected chi connectivity index (χ4v) is 6.65. The summed E-state index contributed by atoms with van der Waals surface area (Å²) in [5.41, 5.74) is 2.07. The number of aromatic hydroxyl groups is 1. The number of nitrogens with zero attached hydrogens (tertiary/aromatic N) is 1. The fraction of sp³-hybridized carbons (Fsp3) is 0.478. The number of rotatable bonds is 2. The molecular weight excluding hydrogens is 352 g/mol. The maximum atomic E-state index is 12.1. The van der Waals surface area contributed by atoms with Gasteiger partial charge in [0.25, 0.3) is 0 Å². The van der Waals surface area contributed by atoms with Crippen molar-refractivity contribution in [3.05, 3.63) is 53.6 Å². The van der Waals surface area contributed by atoms with Gasteiger partial charge in [0, 0.05) is 17.3 Å². The quantitative estimate of drug-likeness (QED) is 0.750. The van der Waals surface area contributed by atoms with E-state index in [9.17, 15) is 10.2 Å². The first-order chi connectivity index (χ1) is 13.5. The largest absolute Gasteiger partial charge is 0.504 e. The van der Waals surface area contributed by atoms with E-state index in [4.69, 9.17) is 4.74 Å². The van der Waals surface area contributed by atoms with E-state index in [1.54, 1.807) is 6.07 Å². The summed E-state index contributed by atoms with van der Waals surface area (Å²) in [5.74, 6) is 0.798. The van der Waals surface area contributed by atoms with Crippen LogP contribution < -0.4 is 10.1 Å². The minimum atomic E-state index is -0.828. The van der Waals surface area contributed by atoms with Crippen molar-refractivity contribution < 1.29 is 14.9 Å². The summed E-state index contributed by atoms with van der Waals surface area (Å²) in [4.78, 5) is 2.32. The van der Waals surface area contributed by atoms with Gasteiger partial charge >= 0.3 is 0 Å². The average Bonchev–Trinajstić information content (AvgIpc) is 3.05. The molecule has 146 valence electrons. The molecule has 5 heteroatoms. The highest BCUT2D eigenvalue weighted by atomic mass is 16.5. The number of ether oxygens (including phenoxy) is 1. The Hall–Kier alpha value is -2.24. The highest BCUT2D eigenvalue weighted by molar-refractivity contribution is 5.63. The number of phenols is 1. The van der Waals surface area contributed by atoms with Crippen LogP contribution in [0.4, 0.5) is 5.69 Å². The number of para-hydroxylation sites is 1. The Morgan fingerprint density at radius 3 is 2.79 bits per heavy atom. The molecular formula is C23H26N2O3. The van der Waals surface area contributed by atoms with Gasteiger partial charge in [0.1, 0.15) is 6.10 Å². The molecule has 2 aromatic rings. The third kappa shape index (κ3) is 1.84. The zero-order chi connectivity index (χ0) is 19.1. The molecule has 2 fully saturated rings. The summed E-state index contributed by atoms with van der Waals surface area (Å²) in [6.45, 7) is 0.930. The molecule has 6 rings (SSSR count). The molecule has 2 aromatic carbocycles. The SMILES string of the molecule is CN1CC[C@]23c4c5ccc(O)c4O[C@H]2C(Nc2ccccc2)CC[C@@]3(O)[C@H]1C5. The first kappa shape index (κ1) is 16.7. The van der Waals surface area contributed by atoms with Gasteiger partial charge in [0.2, 0.25) is 0 Å². The Bertz CT molecular complexity index is 948. The maximum Gasteiger partial charge on any atom is 0.165 e. The van der Waals surface area contributed by atoms with Crippen LogP contribution in [0.3, 0.4) is 0 Å². The van der Waals surface area contributed by atoms with Crippen molar-refractivity contribution in [3.8, 4) is 11.5 Å². The van der Waals surface area contributed by atoms with E-state index in [1.165, 1.54) is 5.56 Å².